The molecule has 1 aliphatic heterocycles. The third-order valence-electron chi connectivity index (χ3n) is 2.91. The van der Waals surface area contributed by atoms with Crippen LogP contribution in [0, 0.1) is 6.92 Å². The van der Waals surface area contributed by atoms with E-state index >= 15 is 0 Å². The van der Waals surface area contributed by atoms with Crippen LogP contribution in [0.4, 0.5) is 5.95 Å². The number of piperazine rings is 1. The first-order valence-electron chi connectivity index (χ1n) is 5.57. The average molecular weight is 299 g/mol. The van der Waals surface area contributed by atoms with Gasteiger partial charge in [0.15, 0.2) is 0 Å². The number of halogens is 1. The van der Waals surface area contributed by atoms with E-state index in [1.54, 1.807) is 13.1 Å². The van der Waals surface area contributed by atoms with Gasteiger partial charge in [0.25, 0.3) is 0 Å². The Labute approximate surface area is 109 Å². The lowest BCUT2D eigenvalue weighted by Crippen LogP contribution is -2.48. The van der Waals surface area contributed by atoms with Crippen molar-refractivity contribution >= 4 is 27.8 Å². The Morgan fingerprint density at radius 2 is 2.00 bits per heavy atom. The third kappa shape index (κ3) is 2.74. The monoisotopic (exact) mass is 298 g/mol. The molecule has 1 aromatic rings. The number of carbonyl (C=O) groups excluding carboxylic acids is 1. The highest BCUT2D eigenvalue weighted by atomic mass is 79.9. The second kappa shape index (κ2) is 5.00. The fourth-order valence-corrected chi connectivity index (χ4v) is 2.00. The van der Waals surface area contributed by atoms with E-state index in [0.717, 1.165) is 42.3 Å². The molecule has 0 spiro atoms. The van der Waals surface area contributed by atoms with E-state index in [0.29, 0.717) is 0 Å². The van der Waals surface area contributed by atoms with Gasteiger partial charge in [0.1, 0.15) is 0 Å². The molecule has 0 bridgehead atoms. The molecule has 2 rings (SSSR count). The first kappa shape index (κ1) is 12.3. The Kier molecular flexibility index (Phi) is 3.61. The molecule has 5 nitrogen and oxygen atoms in total. The Bertz CT molecular complexity index is 429. The minimum Gasteiger partial charge on any atom is -0.339 e. The zero-order valence-corrected chi connectivity index (χ0v) is 11.6. The third-order valence-corrected chi connectivity index (χ3v) is 3.69. The molecule has 1 aromatic heterocycles. The van der Waals surface area contributed by atoms with E-state index in [1.807, 2.05) is 11.8 Å². The van der Waals surface area contributed by atoms with Crippen LogP contribution in [0.25, 0.3) is 0 Å². The van der Waals surface area contributed by atoms with Gasteiger partial charge in [-0.3, -0.25) is 4.79 Å². The molecule has 0 aromatic carbocycles. The predicted octanol–water partition coefficient (Wildman–Crippen LogP) is 1.22. The summed E-state index contributed by atoms with van der Waals surface area (Å²) in [6.45, 7) is 6.62. The Morgan fingerprint density at radius 3 is 2.53 bits per heavy atom. The maximum absolute atomic E-state index is 11.2. The lowest BCUT2D eigenvalue weighted by Gasteiger charge is -2.34. The molecular formula is C11H15BrN4O. The number of aromatic nitrogens is 2. The van der Waals surface area contributed by atoms with Gasteiger partial charge in [0, 0.05) is 39.3 Å². The lowest BCUT2D eigenvalue weighted by molar-refractivity contribution is -0.129. The number of nitrogens with zero attached hydrogens (tertiary/aromatic N) is 4. The molecule has 1 fully saturated rings. The molecule has 6 heteroatoms. The molecule has 0 radical (unpaired) electrons. The van der Waals surface area contributed by atoms with Crippen molar-refractivity contribution in [2.24, 2.45) is 0 Å². The minimum atomic E-state index is 0.137. The van der Waals surface area contributed by atoms with E-state index in [-0.39, 0.29) is 5.91 Å². The van der Waals surface area contributed by atoms with Gasteiger partial charge in [-0.05, 0) is 22.9 Å². The maximum Gasteiger partial charge on any atom is 0.225 e. The van der Waals surface area contributed by atoms with Crippen molar-refractivity contribution < 1.29 is 4.79 Å². The van der Waals surface area contributed by atoms with Crippen LogP contribution in [0.5, 0.6) is 0 Å². The van der Waals surface area contributed by atoms with Crippen LogP contribution in [-0.4, -0.2) is 47.0 Å². The van der Waals surface area contributed by atoms with E-state index in [9.17, 15) is 4.79 Å². The summed E-state index contributed by atoms with van der Waals surface area (Å²) in [6.07, 6.45) is 1.77. The summed E-state index contributed by atoms with van der Waals surface area (Å²) in [6, 6.07) is 0. The molecule has 1 aliphatic rings. The summed E-state index contributed by atoms with van der Waals surface area (Å²) < 4.78 is 0.920. The quantitative estimate of drug-likeness (QED) is 0.782. The highest BCUT2D eigenvalue weighted by Crippen LogP contribution is 2.17. The van der Waals surface area contributed by atoms with Crippen LogP contribution in [0.1, 0.15) is 12.6 Å². The van der Waals surface area contributed by atoms with Crippen molar-refractivity contribution in [3.63, 3.8) is 0 Å². The van der Waals surface area contributed by atoms with Crippen LogP contribution in [0.2, 0.25) is 0 Å². The molecule has 1 saturated heterocycles. The second-order valence-corrected chi connectivity index (χ2v) is 4.95. The number of hydrogen-bond acceptors (Lipinski definition) is 4. The molecule has 92 valence electrons. The van der Waals surface area contributed by atoms with Crippen molar-refractivity contribution in [1.82, 2.24) is 14.9 Å². The van der Waals surface area contributed by atoms with Crippen LogP contribution in [-0.2, 0) is 4.79 Å². The van der Waals surface area contributed by atoms with E-state index < -0.39 is 0 Å². The highest BCUT2D eigenvalue weighted by Gasteiger charge is 2.20. The zero-order chi connectivity index (χ0) is 12.4. The van der Waals surface area contributed by atoms with Gasteiger partial charge >= 0.3 is 0 Å². The smallest absolute Gasteiger partial charge is 0.225 e. The van der Waals surface area contributed by atoms with Gasteiger partial charge in [0.05, 0.1) is 10.2 Å². The maximum atomic E-state index is 11.2. The van der Waals surface area contributed by atoms with Gasteiger partial charge in [-0.2, -0.15) is 0 Å². The summed E-state index contributed by atoms with van der Waals surface area (Å²) in [5.74, 6) is 0.881. The second-order valence-electron chi connectivity index (χ2n) is 4.10. The van der Waals surface area contributed by atoms with Gasteiger partial charge in [-0.15, -0.1) is 0 Å². The number of amides is 1. The molecule has 0 aliphatic carbocycles. The van der Waals surface area contributed by atoms with Gasteiger partial charge in [0.2, 0.25) is 11.9 Å². The van der Waals surface area contributed by atoms with Gasteiger partial charge in [-0.1, -0.05) is 0 Å². The SMILES string of the molecule is CC(=O)N1CCN(c2ncc(Br)c(C)n2)CC1. The molecular weight excluding hydrogens is 284 g/mol. The molecule has 0 saturated carbocycles. The molecule has 0 atom stereocenters. The molecule has 2 heterocycles. The number of rotatable bonds is 1. The zero-order valence-electron chi connectivity index (χ0n) is 9.98. The predicted molar refractivity (Wildman–Crippen MR) is 68.9 cm³/mol. The normalized spacial score (nSPS) is 16.2. The van der Waals surface area contributed by atoms with Crippen LogP contribution >= 0.6 is 15.9 Å². The van der Waals surface area contributed by atoms with Crippen LogP contribution in [0.15, 0.2) is 10.7 Å². The molecule has 1 amide bonds. The summed E-state index contributed by atoms with van der Waals surface area (Å²) >= 11 is 3.39. The van der Waals surface area contributed by atoms with Gasteiger partial charge in [-0.25, -0.2) is 9.97 Å². The van der Waals surface area contributed by atoms with E-state index in [2.05, 4.69) is 30.8 Å². The summed E-state index contributed by atoms with van der Waals surface area (Å²) in [4.78, 5) is 23.9. The Hall–Kier alpha value is -1.17. The summed E-state index contributed by atoms with van der Waals surface area (Å²) in [5, 5.41) is 0. The van der Waals surface area contributed by atoms with Crippen molar-refractivity contribution in [2.75, 3.05) is 31.1 Å². The fraction of sp³-hybridized carbons (Fsp3) is 0.545. The average Bonchev–Trinajstić information content (AvgIpc) is 2.33. The van der Waals surface area contributed by atoms with Crippen LogP contribution < -0.4 is 4.90 Å². The Morgan fingerprint density at radius 1 is 1.35 bits per heavy atom. The first-order valence-corrected chi connectivity index (χ1v) is 6.37. The van der Waals surface area contributed by atoms with Gasteiger partial charge < -0.3 is 9.80 Å². The Balaban J connectivity index is 2.05. The topological polar surface area (TPSA) is 49.3 Å². The lowest BCUT2D eigenvalue weighted by atomic mass is 10.3. The van der Waals surface area contributed by atoms with Crippen molar-refractivity contribution in [1.29, 1.82) is 0 Å². The molecule has 0 N–H and O–H groups in total. The minimum absolute atomic E-state index is 0.137. The largest absolute Gasteiger partial charge is 0.339 e. The van der Waals surface area contributed by atoms with Crippen molar-refractivity contribution in [3.8, 4) is 0 Å². The van der Waals surface area contributed by atoms with E-state index in [1.165, 1.54) is 0 Å². The molecule has 0 unspecified atom stereocenters. The number of carbonyl (C=O) groups is 1. The molecule has 17 heavy (non-hydrogen) atoms. The standard InChI is InChI=1S/C11H15BrN4O/c1-8-10(12)7-13-11(14-8)16-5-3-15(4-6-16)9(2)17/h7H,3-6H2,1-2H3. The van der Waals surface area contributed by atoms with Crippen molar-refractivity contribution in [3.05, 3.63) is 16.4 Å². The first-order chi connectivity index (χ1) is 8.08. The van der Waals surface area contributed by atoms with E-state index in [4.69, 9.17) is 0 Å². The van der Waals surface area contributed by atoms with Crippen LogP contribution in [0.3, 0.4) is 0 Å². The van der Waals surface area contributed by atoms with Crippen molar-refractivity contribution in [2.45, 2.75) is 13.8 Å². The number of hydrogen-bond donors (Lipinski definition) is 0. The summed E-state index contributed by atoms with van der Waals surface area (Å²) in [7, 11) is 0. The fourth-order valence-electron chi connectivity index (χ4n) is 1.81. The number of anilines is 1. The number of aryl methyl sites for hydroxylation is 1. The summed E-state index contributed by atoms with van der Waals surface area (Å²) in [5.41, 5.74) is 0.934. The highest BCUT2D eigenvalue weighted by molar-refractivity contribution is 9.10.